The highest BCUT2D eigenvalue weighted by Crippen LogP contribution is 2.13. The van der Waals surface area contributed by atoms with E-state index >= 15 is 0 Å². The number of benzene rings is 1. The third-order valence-electron chi connectivity index (χ3n) is 2.80. The highest BCUT2D eigenvalue weighted by atomic mass is 16.5. The Morgan fingerprint density at radius 2 is 2.00 bits per heavy atom. The summed E-state index contributed by atoms with van der Waals surface area (Å²) >= 11 is 0. The average molecular weight is 295 g/mol. The van der Waals surface area contributed by atoms with Crippen molar-refractivity contribution in [3.63, 3.8) is 0 Å². The van der Waals surface area contributed by atoms with Gasteiger partial charge in [-0.05, 0) is 24.6 Å². The lowest BCUT2D eigenvalue weighted by Gasteiger charge is -2.14. The number of esters is 1. The van der Waals surface area contributed by atoms with Crippen LogP contribution in [0.3, 0.4) is 0 Å². The minimum absolute atomic E-state index is 0.0439. The fraction of sp³-hybridized carbons (Fsp3) is 0.357. The molecule has 0 aliphatic heterocycles. The van der Waals surface area contributed by atoms with Crippen LogP contribution in [0.4, 0.5) is 0 Å². The second-order valence-electron chi connectivity index (χ2n) is 4.21. The van der Waals surface area contributed by atoms with E-state index in [9.17, 15) is 14.4 Å². The van der Waals surface area contributed by atoms with Crippen molar-refractivity contribution < 1.29 is 29.0 Å². The van der Waals surface area contributed by atoms with Gasteiger partial charge in [0.1, 0.15) is 11.8 Å². The predicted molar refractivity (Wildman–Crippen MR) is 73.1 cm³/mol. The van der Waals surface area contributed by atoms with Crippen LogP contribution >= 0.6 is 0 Å². The Morgan fingerprint density at radius 3 is 2.57 bits per heavy atom. The quantitative estimate of drug-likeness (QED) is 0.722. The summed E-state index contributed by atoms with van der Waals surface area (Å²) < 4.78 is 9.43. The zero-order valence-corrected chi connectivity index (χ0v) is 11.8. The predicted octanol–water partition coefficient (Wildman–Crippen LogP) is 0.831. The molecule has 0 aliphatic carbocycles. The molecule has 1 amide bonds. The number of carbonyl (C=O) groups excluding carboxylic acids is 2. The van der Waals surface area contributed by atoms with Crippen molar-refractivity contribution in [3.05, 3.63) is 29.8 Å². The van der Waals surface area contributed by atoms with E-state index < -0.39 is 23.9 Å². The zero-order chi connectivity index (χ0) is 15.8. The van der Waals surface area contributed by atoms with E-state index in [2.05, 4.69) is 10.1 Å². The van der Waals surface area contributed by atoms with Crippen LogP contribution in [-0.2, 0) is 14.3 Å². The Morgan fingerprint density at radius 1 is 1.29 bits per heavy atom. The summed E-state index contributed by atoms with van der Waals surface area (Å²) in [6, 6.07) is 5.16. The standard InChI is InChI=1S/C14H17NO6/c1-20-10-5-3-4-9(8-10)13(17)15-11(14(18)19)6-7-12(16)21-2/h3-5,8,11H,6-7H2,1-2H3,(H,15,17)(H,18,19)/t11-/m1/s1. The van der Waals surface area contributed by atoms with E-state index in [0.29, 0.717) is 5.75 Å². The van der Waals surface area contributed by atoms with Crippen LogP contribution in [0.2, 0.25) is 0 Å². The second kappa shape index (κ2) is 7.88. The molecule has 114 valence electrons. The first-order valence-corrected chi connectivity index (χ1v) is 6.22. The number of nitrogens with one attached hydrogen (secondary N) is 1. The van der Waals surface area contributed by atoms with Gasteiger partial charge in [-0.2, -0.15) is 0 Å². The number of amides is 1. The molecule has 7 heteroatoms. The molecule has 0 aromatic heterocycles. The van der Waals surface area contributed by atoms with Gasteiger partial charge in [-0.15, -0.1) is 0 Å². The van der Waals surface area contributed by atoms with Gasteiger partial charge in [0.25, 0.3) is 5.91 Å². The van der Waals surface area contributed by atoms with Gasteiger partial charge in [0.05, 0.1) is 14.2 Å². The summed E-state index contributed by atoms with van der Waals surface area (Å²) in [7, 11) is 2.68. The zero-order valence-electron chi connectivity index (χ0n) is 11.8. The van der Waals surface area contributed by atoms with Gasteiger partial charge >= 0.3 is 11.9 Å². The number of carboxylic acid groups (broad SMARTS) is 1. The molecule has 0 saturated carbocycles. The minimum Gasteiger partial charge on any atom is -0.497 e. The summed E-state index contributed by atoms with van der Waals surface area (Å²) in [4.78, 5) is 34.1. The number of hydrogen-bond donors (Lipinski definition) is 2. The second-order valence-corrected chi connectivity index (χ2v) is 4.21. The number of carbonyl (C=O) groups is 3. The molecule has 7 nitrogen and oxygen atoms in total. The molecule has 0 saturated heterocycles. The fourth-order valence-corrected chi connectivity index (χ4v) is 1.63. The maximum Gasteiger partial charge on any atom is 0.326 e. The molecule has 0 aliphatic rings. The highest BCUT2D eigenvalue weighted by Gasteiger charge is 2.22. The highest BCUT2D eigenvalue weighted by molar-refractivity contribution is 5.97. The maximum absolute atomic E-state index is 12.0. The first-order valence-electron chi connectivity index (χ1n) is 6.22. The minimum atomic E-state index is -1.21. The molecule has 0 bridgehead atoms. The van der Waals surface area contributed by atoms with Gasteiger partial charge in [-0.25, -0.2) is 4.79 Å². The van der Waals surface area contributed by atoms with E-state index in [0.717, 1.165) is 0 Å². The first-order chi connectivity index (χ1) is 9.97. The summed E-state index contributed by atoms with van der Waals surface area (Å²) in [6.45, 7) is 0. The van der Waals surface area contributed by atoms with Crippen LogP contribution in [-0.4, -0.2) is 43.2 Å². The third kappa shape index (κ3) is 5.13. The number of ether oxygens (including phenoxy) is 2. The van der Waals surface area contributed by atoms with Crippen molar-refractivity contribution in [2.24, 2.45) is 0 Å². The summed E-state index contributed by atoms with van der Waals surface area (Å²) in [5.41, 5.74) is 0.277. The molecule has 21 heavy (non-hydrogen) atoms. The number of aliphatic carboxylic acids is 1. The Balaban J connectivity index is 2.71. The molecule has 1 aromatic rings. The van der Waals surface area contributed by atoms with E-state index in [-0.39, 0.29) is 18.4 Å². The van der Waals surface area contributed by atoms with Crippen molar-refractivity contribution in [1.29, 1.82) is 0 Å². The molecular weight excluding hydrogens is 278 g/mol. The number of carboxylic acids is 1. The molecule has 0 radical (unpaired) electrons. The molecule has 2 N–H and O–H groups in total. The Kier molecular flexibility index (Phi) is 6.19. The molecule has 1 aromatic carbocycles. The van der Waals surface area contributed by atoms with Gasteiger partial charge in [-0.3, -0.25) is 9.59 Å². The van der Waals surface area contributed by atoms with Crippen molar-refractivity contribution in [1.82, 2.24) is 5.32 Å². The Hall–Kier alpha value is -2.57. The van der Waals surface area contributed by atoms with Gasteiger partial charge < -0.3 is 19.9 Å². The van der Waals surface area contributed by atoms with Crippen molar-refractivity contribution in [2.45, 2.75) is 18.9 Å². The molecule has 1 rings (SSSR count). The lowest BCUT2D eigenvalue weighted by molar-refractivity contribution is -0.142. The Bertz CT molecular complexity index is 528. The van der Waals surface area contributed by atoms with E-state index in [4.69, 9.17) is 9.84 Å². The molecule has 0 unspecified atom stereocenters. The molecule has 0 fully saturated rings. The van der Waals surface area contributed by atoms with Crippen LogP contribution in [0.1, 0.15) is 23.2 Å². The molecule has 0 spiro atoms. The molecule has 1 atom stereocenters. The maximum atomic E-state index is 12.0. The van der Waals surface area contributed by atoms with E-state index in [1.165, 1.54) is 26.4 Å². The van der Waals surface area contributed by atoms with Crippen LogP contribution < -0.4 is 10.1 Å². The van der Waals surface area contributed by atoms with Gasteiger partial charge in [0.15, 0.2) is 0 Å². The average Bonchev–Trinajstić information content (AvgIpc) is 2.50. The number of methoxy groups -OCH3 is 2. The summed E-state index contributed by atoms with van der Waals surface area (Å²) in [6.07, 6.45) is -0.135. The van der Waals surface area contributed by atoms with Crippen LogP contribution in [0.5, 0.6) is 5.75 Å². The van der Waals surface area contributed by atoms with Gasteiger partial charge in [0, 0.05) is 12.0 Å². The van der Waals surface area contributed by atoms with Crippen LogP contribution in [0, 0.1) is 0 Å². The van der Waals surface area contributed by atoms with Crippen LogP contribution in [0.15, 0.2) is 24.3 Å². The fourth-order valence-electron chi connectivity index (χ4n) is 1.63. The van der Waals surface area contributed by atoms with Crippen LogP contribution in [0.25, 0.3) is 0 Å². The first kappa shape index (κ1) is 16.5. The lowest BCUT2D eigenvalue weighted by Crippen LogP contribution is -2.41. The molecule has 0 heterocycles. The van der Waals surface area contributed by atoms with Gasteiger partial charge in [-0.1, -0.05) is 6.07 Å². The van der Waals surface area contributed by atoms with Crippen molar-refractivity contribution >= 4 is 17.8 Å². The van der Waals surface area contributed by atoms with Gasteiger partial charge in [0.2, 0.25) is 0 Å². The largest absolute Gasteiger partial charge is 0.497 e. The SMILES string of the molecule is COC(=O)CC[C@@H](NC(=O)c1cccc(OC)c1)C(=O)O. The number of rotatable bonds is 7. The summed E-state index contributed by atoms with van der Waals surface area (Å²) in [5, 5.41) is 11.4. The normalized spacial score (nSPS) is 11.3. The molecular formula is C14H17NO6. The van der Waals surface area contributed by atoms with Crippen molar-refractivity contribution in [3.8, 4) is 5.75 Å². The smallest absolute Gasteiger partial charge is 0.326 e. The Labute approximate surface area is 121 Å². The van der Waals surface area contributed by atoms with E-state index in [1.54, 1.807) is 12.1 Å². The third-order valence-corrected chi connectivity index (χ3v) is 2.80. The lowest BCUT2D eigenvalue weighted by atomic mass is 10.1. The van der Waals surface area contributed by atoms with E-state index in [1.807, 2.05) is 0 Å². The van der Waals surface area contributed by atoms with Crippen molar-refractivity contribution in [2.75, 3.05) is 14.2 Å². The summed E-state index contributed by atoms with van der Waals surface area (Å²) in [5.74, 6) is -1.80. The topological polar surface area (TPSA) is 102 Å². The monoisotopic (exact) mass is 295 g/mol. The number of hydrogen-bond acceptors (Lipinski definition) is 5.